The molecule has 20 heavy (non-hydrogen) atoms. The van der Waals surface area contributed by atoms with Crippen molar-refractivity contribution in [1.82, 2.24) is 5.32 Å². The van der Waals surface area contributed by atoms with Crippen molar-refractivity contribution < 1.29 is 4.74 Å². The molecule has 0 saturated carbocycles. The van der Waals surface area contributed by atoms with Gasteiger partial charge < -0.3 is 15.8 Å². The van der Waals surface area contributed by atoms with E-state index in [2.05, 4.69) is 10.3 Å². The van der Waals surface area contributed by atoms with Gasteiger partial charge in [0.2, 0.25) is 0 Å². The molecule has 1 aliphatic rings. The summed E-state index contributed by atoms with van der Waals surface area (Å²) in [5, 5.41) is 4.37. The van der Waals surface area contributed by atoms with E-state index in [1.807, 2.05) is 12.1 Å². The number of ether oxygens (including phenoxy) is 1. The van der Waals surface area contributed by atoms with Gasteiger partial charge in [0.15, 0.2) is 5.96 Å². The maximum Gasteiger partial charge on any atom is 0.188 e. The lowest BCUT2D eigenvalue weighted by Gasteiger charge is -2.09. The lowest BCUT2D eigenvalue weighted by atomic mass is 10.1. The third-order valence-electron chi connectivity index (χ3n) is 3.13. The van der Waals surface area contributed by atoms with Gasteiger partial charge in [0.25, 0.3) is 0 Å². The molecule has 0 bridgehead atoms. The van der Waals surface area contributed by atoms with Gasteiger partial charge in [0, 0.05) is 23.2 Å². The fourth-order valence-electron chi connectivity index (χ4n) is 2.13. The summed E-state index contributed by atoms with van der Waals surface area (Å²) >= 11 is 11.9. The molecule has 1 fully saturated rings. The van der Waals surface area contributed by atoms with Gasteiger partial charge in [-0.3, -0.25) is 4.99 Å². The summed E-state index contributed by atoms with van der Waals surface area (Å²) in [5.41, 5.74) is 6.88. The van der Waals surface area contributed by atoms with Gasteiger partial charge in [-0.1, -0.05) is 23.2 Å². The second kappa shape index (κ2) is 7.72. The smallest absolute Gasteiger partial charge is 0.188 e. The molecular weight excluding hydrogens is 297 g/mol. The molecule has 1 aromatic rings. The molecule has 6 heteroatoms. The number of aliphatic imine (C=N–C) groups is 1. The number of rotatable bonds is 5. The highest BCUT2D eigenvalue weighted by Crippen LogP contribution is 2.19. The van der Waals surface area contributed by atoms with Crippen LogP contribution in [-0.2, 0) is 11.2 Å². The number of nitrogens with zero attached hydrogens (tertiary/aromatic N) is 1. The van der Waals surface area contributed by atoms with Crippen LogP contribution in [0.4, 0.5) is 0 Å². The van der Waals surface area contributed by atoms with Crippen molar-refractivity contribution in [2.75, 3.05) is 19.7 Å². The molecule has 1 saturated heterocycles. The first kappa shape index (κ1) is 15.4. The minimum atomic E-state index is 0.224. The van der Waals surface area contributed by atoms with Crippen molar-refractivity contribution in [3.63, 3.8) is 0 Å². The fraction of sp³-hybridized carbons (Fsp3) is 0.500. The highest BCUT2D eigenvalue weighted by atomic mass is 35.5. The molecular formula is C14H19Cl2N3O. The average molecular weight is 316 g/mol. The highest BCUT2D eigenvalue weighted by Gasteiger charge is 2.14. The van der Waals surface area contributed by atoms with E-state index in [0.717, 1.165) is 31.4 Å². The molecule has 0 aromatic heterocycles. The zero-order chi connectivity index (χ0) is 14.4. The summed E-state index contributed by atoms with van der Waals surface area (Å²) in [4.78, 5) is 4.28. The van der Waals surface area contributed by atoms with Crippen LogP contribution in [0.25, 0.3) is 0 Å². The van der Waals surface area contributed by atoms with Gasteiger partial charge >= 0.3 is 0 Å². The van der Waals surface area contributed by atoms with Crippen LogP contribution in [0.3, 0.4) is 0 Å². The van der Waals surface area contributed by atoms with Crippen LogP contribution in [0.15, 0.2) is 23.2 Å². The number of guanidine groups is 1. The highest BCUT2D eigenvalue weighted by molar-refractivity contribution is 6.34. The minimum Gasteiger partial charge on any atom is -0.376 e. The Hall–Kier alpha value is -0.970. The van der Waals surface area contributed by atoms with Crippen LogP contribution < -0.4 is 11.1 Å². The standard InChI is InChI=1S/C14H19Cl2N3O/c15-11-6-10(7-12(16)8-11)3-4-18-14(17)19-9-13-2-1-5-20-13/h6-8,13H,1-5,9H2,(H3,17,18,19). The Morgan fingerprint density at radius 2 is 2.10 bits per heavy atom. The summed E-state index contributed by atoms with van der Waals surface area (Å²) in [6.45, 7) is 2.16. The van der Waals surface area contributed by atoms with E-state index in [1.54, 1.807) is 6.07 Å². The Morgan fingerprint density at radius 1 is 1.35 bits per heavy atom. The van der Waals surface area contributed by atoms with Crippen molar-refractivity contribution in [1.29, 1.82) is 0 Å². The summed E-state index contributed by atoms with van der Waals surface area (Å²) in [6, 6.07) is 5.51. The third kappa shape index (κ3) is 5.19. The number of hydrogen-bond acceptors (Lipinski definition) is 2. The van der Waals surface area contributed by atoms with E-state index in [0.29, 0.717) is 29.1 Å². The Morgan fingerprint density at radius 3 is 2.75 bits per heavy atom. The first-order valence-electron chi connectivity index (χ1n) is 6.74. The predicted octanol–water partition coefficient (Wildman–Crippen LogP) is 2.62. The first-order valence-corrected chi connectivity index (χ1v) is 7.49. The van der Waals surface area contributed by atoms with Crippen molar-refractivity contribution in [2.24, 2.45) is 10.7 Å². The Labute approximate surface area is 129 Å². The second-order valence-corrected chi connectivity index (χ2v) is 5.69. The summed E-state index contributed by atoms with van der Waals surface area (Å²) < 4.78 is 5.48. The summed E-state index contributed by atoms with van der Waals surface area (Å²) in [6.07, 6.45) is 3.19. The molecule has 1 atom stereocenters. The summed E-state index contributed by atoms with van der Waals surface area (Å²) in [5.74, 6) is 0.452. The number of halogens is 2. The van der Waals surface area contributed by atoms with E-state index in [1.165, 1.54) is 0 Å². The molecule has 0 radical (unpaired) electrons. The van der Waals surface area contributed by atoms with Crippen molar-refractivity contribution in [3.8, 4) is 0 Å². The molecule has 1 aliphatic heterocycles. The molecule has 1 unspecified atom stereocenters. The lowest BCUT2D eigenvalue weighted by molar-refractivity contribution is 0.118. The minimum absolute atomic E-state index is 0.224. The fourth-order valence-corrected chi connectivity index (χ4v) is 2.71. The van der Waals surface area contributed by atoms with Gasteiger partial charge in [-0.05, 0) is 43.0 Å². The predicted molar refractivity (Wildman–Crippen MR) is 83.6 cm³/mol. The molecule has 110 valence electrons. The normalized spacial score (nSPS) is 19.3. The molecule has 0 amide bonds. The molecule has 0 aliphatic carbocycles. The van der Waals surface area contributed by atoms with Crippen LogP contribution in [0.2, 0.25) is 10.0 Å². The van der Waals surface area contributed by atoms with E-state index < -0.39 is 0 Å². The molecule has 2 rings (SSSR count). The molecule has 4 nitrogen and oxygen atoms in total. The monoisotopic (exact) mass is 315 g/mol. The molecule has 1 aromatic carbocycles. The molecule has 0 spiro atoms. The quantitative estimate of drug-likeness (QED) is 0.648. The maximum atomic E-state index is 5.95. The Kier molecular flexibility index (Phi) is 5.95. The van der Waals surface area contributed by atoms with E-state index >= 15 is 0 Å². The van der Waals surface area contributed by atoms with Gasteiger partial charge in [0.1, 0.15) is 0 Å². The number of nitrogens with one attached hydrogen (secondary N) is 1. The Balaban J connectivity index is 1.72. The van der Waals surface area contributed by atoms with E-state index in [9.17, 15) is 0 Å². The summed E-state index contributed by atoms with van der Waals surface area (Å²) in [7, 11) is 0. The molecule has 1 heterocycles. The van der Waals surface area contributed by atoms with Crippen LogP contribution in [0.1, 0.15) is 18.4 Å². The lowest BCUT2D eigenvalue weighted by Crippen LogP contribution is -2.34. The van der Waals surface area contributed by atoms with Crippen LogP contribution in [0.5, 0.6) is 0 Å². The average Bonchev–Trinajstić information content (AvgIpc) is 2.88. The second-order valence-electron chi connectivity index (χ2n) is 4.82. The number of hydrogen-bond donors (Lipinski definition) is 2. The van der Waals surface area contributed by atoms with Crippen LogP contribution >= 0.6 is 23.2 Å². The van der Waals surface area contributed by atoms with Crippen LogP contribution in [0, 0.1) is 0 Å². The third-order valence-corrected chi connectivity index (χ3v) is 3.57. The first-order chi connectivity index (χ1) is 9.63. The van der Waals surface area contributed by atoms with E-state index in [-0.39, 0.29) is 6.10 Å². The Bertz CT molecular complexity index is 453. The largest absolute Gasteiger partial charge is 0.376 e. The van der Waals surface area contributed by atoms with Crippen LogP contribution in [-0.4, -0.2) is 31.8 Å². The van der Waals surface area contributed by atoms with Crippen molar-refractivity contribution in [2.45, 2.75) is 25.4 Å². The van der Waals surface area contributed by atoms with Gasteiger partial charge in [-0.2, -0.15) is 0 Å². The molecule has 3 N–H and O–H groups in total. The topological polar surface area (TPSA) is 59.6 Å². The van der Waals surface area contributed by atoms with Gasteiger partial charge in [0.05, 0.1) is 12.6 Å². The zero-order valence-electron chi connectivity index (χ0n) is 11.2. The van der Waals surface area contributed by atoms with E-state index in [4.69, 9.17) is 33.7 Å². The SMILES string of the molecule is NC(=NCC1CCCO1)NCCc1cc(Cl)cc(Cl)c1. The maximum absolute atomic E-state index is 5.95. The van der Waals surface area contributed by atoms with Gasteiger partial charge in [-0.15, -0.1) is 0 Å². The number of nitrogens with two attached hydrogens (primary N) is 1. The van der Waals surface area contributed by atoms with Gasteiger partial charge in [-0.25, -0.2) is 0 Å². The zero-order valence-corrected chi connectivity index (χ0v) is 12.8. The van der Waals surface area contributed by atoms with Crippen molar-refractivity contribution >= 4 is 29.2 Å². The van der Waals surface area contributed by atoms with Crippen molar-refractivity contribution in [3.05, 3.63) is 33.8 Å². The number of benzene rings is 1.